The number of fused-ring (bicyclic) bond motifs is 2. The summed E-state index contributed by atoms with van der Waals surface area (Å²) in [7, 11) is 2.02. The molecular weight excluding hydrogens is 382 g/mol. The first-order chi connectivity index (χ1) is 14.5. The molecule has 2 N–H and O–H groups in total. The Morgan fingerprint density at radius 2 is 1.77 bits per heavy atom. The van der Waals surface area contributed by atoms with E-state index in [0.717, 1.165) is 25.1 Å². The quantitative estimate of drug-likeness (QED) is 0.353. The number of benzene rings is 3. The second-order valence-corrected chi connectivity index (χ2v) is 7.35. The van der Waals surface area contributed by atoms with E-state index >= 15 is 0 Å². The lowest BCUT2D eigenvalue weighted by Crippen LogP contribution is -2.20. The van der Waals surface area contributed by atoms with Crippen LogP contribution in [0.4, 0.5) is 0 Å². The van der Waals surface area contributed by atoms with Gasteiger partial charge in [-0.1, -0.05) is 24.3 Å². The van der Waals surface area contributed by atoms with Crippen molar-refractivity contribution >= 4 is 21.9 Å². The predicted octanol–water partition coefficient (Wildman–Crippen LogP) is 4.26. The molecule has 0 spiro atoms. The van der Waals surface area contributed by atoms with Crippen LogP contribution < -0.4 is 10.2 Å². The fourth-order valence-electron chi connectivity index (χ4n) is 3.48. The second kappa shape index (κ2) is 8.47. The molecule has 3 aromatic carbocycles. The van der Waals surface area contributed by atoms with Gasteiger partial charge in [0.15, 0.2) is 0 Å². The Kier molecular flexibility index (Phi) is 5.59. The second-order valence-electron chi connectivity index (χ2n) is 7.35. The zero-order chi connectivity index (χ0) is 21.1. The Morgan fingerprint density at radius 3 is 2.57 bits per heavy atom. The highest BCUT2D eigenvalue weighted by Gasteiger charge is 2.13. The summed E-state index contributed by atoms with van der Waals surface area (Å²) in [5.74, 6) is 0.573. The Morgan fingerprint density at radius 1 is 1.00 bits per heavy atom. The molecule has 6 heteroatoms. The Hall–Kier alpha value is -3.51. The van der Waals surface area contributed by atoms with Crippen LogP contribution in [0.1, 0.15) is 12.0 Å². The zero-order valence-electron chi connectivity index (χ0n) is 16.7. The Labute approximate surface area is 173 Å². The van der Waals surface area contributed by atoms with E-state index in [2.05, 4.69) is 4.90 Å². The molecule has 1 heterocycles. The van der Waals surface area contributed by atoms with Crippen LogP contribution in [-0.2, 0) is 6.54 Å². The van der Waals surface area contributed by atoms with E-state index in [1.54, 1.807) is 42.5 Å². The summed E-state index contributed by atoms with van der Waals surface area (Å²) in [5.41, 5.74) is 1.64. The third kappa shape index (κ3) is 4.23. The number of hydrogen-bond acceptors (Lipinski definition) is 6. The highest BCUT2D eigenvalue weighted by Crippen LogP contribution is 2.30. The van der Waals surface area contributed by atoms with Crippen LogP contribution in [0.2, 0.25) is 0 Å². The van der Waals surface area contributed by atoms with Gasteiger partial charge in [-0.3, -0.25) is 4.79 Å². The van der Waals surface area contributed by atoms with E-state index in [1.807, 2.05) is 19.2 Å². The summed E-state index contributed by atoms with van der Waals surface area (Å²) in [4.78, 5) is 14.8. The largest absolute Gasteiger partial charge is 0.508 e. The molecule has 1 aromatic heterocycles. The maximum atomic E-state index is 12.6. The van der Waals surface area contributed by atoms with Gasteiger partial charge in [0, 0.05) is 25.2 Å². The van der Waals surface area contributed by atoms with Gasteiger partial charge in [-0.25, -0.2) is 0 Å². The minimum absolute atomic E-state index is 0.147. The summed E-state index contributed by atoms with van der Waals surface area (Å²) < 4.78 is 11.6. The summed E-state index contributed by atoms with van der Waals surface area (Å²) in [6.45, 7) is 2.05. The van der Waals surface area contributed by atoms with Crippen molar-refractivity contribution in [2.24, 2.45) is 0 Å². The van der Waals surface area contributed by atoms with Crippen LogP contribution in [-0.4, -0.2) is 35.3 Å². The number of phenols is 2. The first-order valence-electron chi connectivity index (χ1n) is 9.79. The van der Waals surface area contributed by atoms with Gasteiger partial charge in [0.1, 0.15) is 33.8 Å². The normalized spacial score (nSPS) is 11.4. The minimum Gasteiger partial charge on any atom is -0.508 e. The lowest BCUT2D eigenvalue weighted by atomic mass is 10.1. The number of rotatable bonds is 7. The topological polar surface area (TPSA) is 83.1 Å². The molecular formula is C24H23NO5. The van der Waals surface area contributed by atoms with Crippen LogP contribution in [0.15, 0.2) is 69.9 Å². The first kappa shape index (κ1) is 19.8. The van der Waals surface area contributed by atoms with Crippen molar-refractivity contribution in [2.45, 2.75) is 13.0 Å². The molecule has 4 aromatic rings. The molecule has 0 fully saturated rings. The van der Waals surface area contributed by atoms with Crippen LogP contribution in [0.25, 0.3) is 21.9 Å². The number of nitrogens with zero attached hydrogens (tertiary/aromatic N) is 1. The minimum atomic E-state index is -0.258. The summed E-state index contributed by atoms with van der Waals surface area (Å²) in [5, 5.41) is 20.3. The molecule has 0 atom stereocenters. The van der Waals surface area contributed by atoms with Gasteiger partial charge in [-0.2, -0.15) is 0 Å². The third-order valence-corrected chi connectivity index (χ3v) is 4.98. The van der Waals surface area contributed by atoms with Gasteiger partial charge in [0.25, 0.3) is 0 Å². The molecule has 0 saturated heterocycles. The number of phenolic OH excluding ortho intramolecular Hbond substituents is 2. The molecule has 0 saturated carbocycles. The maximum absolute atomic E-state index is 12.6. The molecule has 0 aliphatic rings. The van der Waals surface area contributed by atoms with Crippen molar-refractivity contribution in [2.75, 3.05) is 20.2 Å². The highest BCUT2D eigenvalue weighted by molar-refractivity contribution is 5.93. The molecule has 0 amide bonds. The van der Waals surface area contributed by atoms with Gasteiger partial charge >= 0.3 is 0 Å². The van der Waals surface area contributed by atoms with E-state index in [9.17, 15) is 15.0 Å². The average Bonchev–Trinajstić information content (AvgIpc) is 2.73. The number of para-hydroxylation sites is 1. The summed E-state index contributed by atoms with van der Waals surface area (Å²) in [6.07, 6.45) is 0.787. The molecule has 0 bridgehead atoms. The molecule has 30 heavy (non-hydrogen) atoms. The lowest BCUT2D eigenvalue weighted by Gasteiger charge is -2.17. The van der Waals surface area contributed by atoms with Crippen LogP contribution in [0.5, 0.6) is 17.2 Å². The van der Waals surface area contributed by atoms with Gasteiger partial charge < -0.3 is 24.3 Å². The number of ether oxygens (including phenoxy) is 1. The van der Waals surface area contributed by atoms with E-state index < -0.39 is 0 Å². The molecule has 0 aliphatic heterocycles. The van der Waals surface area contributed by atoms with E-state index in [1.165, 1.54) is 6.07 Å². The molecule has 0 aliphatic carbocycles. The number of hydrogen-bond donors (Lipinski definition) is 2. The van der Waals surface area contributed by atoms with Crippen LogP contribution in [0.3, 0.4) is 0 Å². The summed E-state index contributed by atoms with van der Waals surface area (Å²) >= 11 is 0. The fourth-order valence-corrected chi connectivity index (χ4v) is 3.48. The average molecular weight is 405 g/mol. The van der Waals surface area contributed by atoms with Crippen LogP contribution in [0, 0.1) is 0 Å². The highest BCUT2D eigenvalue weighted by atomic mass is 16.5. The van der Waals surface area contributed by atoms with Crippen molar-refractivity contribution in [1.29, 1.82) is 0 Å². The smallest absolute Gasteiger partial charge is 0.204 e. The SMILES string of the molecule is CN(CCCOc1cc(O)c2c(=O)c3ccccc3oc2c1)Cc1ccc(O)cc1. The van der Waals surface area contributed by atoms with E-state index in [0.29, 0.717) is 28.9 Å². The van der Waals surface area contributed by atoms with Gasteiger partial charge in [-0.05, 0) is 43.3 Å². The fraction of sp³-hybridized carbons (Fsp3) is 0.208. The molecule has 0 radical (unpaired) electrons. The molecule has 4 rings (SSSR count). The lowest BCUT2D eigenvalue weighted by molar-refractivity contribution is 0.258. The number of aromatic hydroxyl groups is 2. The van der Waals surface area contributed by atoms with Gasteiger partial charge in [-0.15, -0.1) is 0 Å². The van der Waals surface area contributed by atoms with Crippen molar-refractivity contribution < 1.29 is 19.4 Å². The third-order valence-electron chi connectivity index (χ3n) is 4.98. The predicted molar refractivity (Wildman–Crippen MR) is 116 cm³/mol. The standard InChI is InChI=1S/C24H23NO5/c1-25(15-16-7-9-17(26)10-8-16)11-4-12-29-18-13-20(27)23-22(14-18)30-21-6-3-2-5-19(21)24(23)28/h2-3,5-10,13-14,26-27H,4,11-12,15H2,1H3. The van der Waals surface area contributed by atoms with Crippen molar-refractivity contribution in [1.82, 2.24) is 4.90 Å². The van der Waals surface area contributed by atoms with Crippen molar-refractivity contribution in [3.63, 3.8) is 0 Å². The van der Waals surface area contributed by atoms with Crippen molar-refractivity contribution in [3.8, 4) is 17.2 Å². The first-order valence-corrected chi connectivity index (χ1v) is 9.79. The van der Waals surface area contributed by atoms with Gasteiger partial charge in [0.05, 0.1) is 12.0 Å². The molecule has 6 nitrogen and oxygen atoms in total. The molecule has 0 unspecified atom stereocenters. The summed E-state index contributed by atoms with van der Waals surface area (Å²) in [6, 6.07) is 17.2. The monoisotopic (exact) mass is 405 g/mol. The Balaban J connectivity index is 1.40. The van der Waals surface area contributed by atoms with E-state index in [-0.39, 0.29) is 22.3 Å². The maximum Gasteiger partial charge on any atom is 0.204 e. The molecule has 154 valence electrons. The Bertz CT molecular complexity index is 1230. The van der Waals surface area contributed by atoms with Crippen molar-refractivity contribution in [3.05, 3.63) is 76.5 Å². The van der Waals surface area contributed by atoms with Gasteiger partial charge in [0.2, 0.25) is 5.43 Å². The zero-order valence-corrected chi connectivity index (χ0v) is 16.7. The van der Waals surface area contributed by atoms with E-state index in [4.69, 9.17) is 9.15 Å². The van der Waals surface area contributed by atoms with Crippen LogP contribution >= 0.6 is 0 Å².